The van der Waals surface area contributed by atoms with Gasteiger partial charge in [-0.1, -0.05) is 49.3 Å². The van der Waals surface area contributed by atoms with Gasteiger partial charge in [-0.25, -0.2) is 9.97 Å². The number of hydrogen-bond donors (Lipinski definition) is 1. The van der Waals surface area contributed by atoms with Gasteiger partial charge in [-0.2, -0.15) is 5.26 Å². The molecule has 4 nitrogen and oxygen atoms in total. The summed E-state index contributed by atoms with van der Waals surface area (Å²) in [5.41, 5.74) is 7.95. The summed E-state index contributed by atoms with van der Waals surface area (Å²) in [6.45, 7) is 4.22. The lowest BCUT2D eigenvalue weighted by Gasteiger charge is -2.11. The Balaban J connectivity index is 2.35. The number of thioether (sulfide) groups is 1. The van der Waals surface area contributed by atoms with Crippen molar-refractivity contribution in [2.75, 3.05) is 5.73 Å². The molecule has 1 aromatic heterocycles. The van der Waals surface area contributed by atoms with Crippen LogP contribution in [-0.2, 0) is 6.42 Å². The third-order valence-electron chi connectivity index (χ3n) is 3.27. The monoisotopic (exact) mass is 332 g/mol. The highest BCUT2D eigenvalue weighted by Gasteiger charge is 2.14. The summed E-state index contributed by atoms with van der Waals surface area (Å²) >= 11 is 7.47. The van der Waals surface area contributed by atoms with Crippen molar-refractivity contribution in [2.24, 2.45) is 0 Å². The molecule has 1 heterocycles. The first kappa shape index (κ1) is 16.6. The summed E-state index contributed by atoms with van der Waals surface area (Å²) in [6, 6.07) is 9.59. The van der Waals surface area contributed by atoms with E-state index in [9.17, 15) is 5.26 Å². The molecule has 0 fully saturated rings. The second-order valence-corrected chi connectivity index (χ2v) is 6.81. The van der Waals surface area contributed by atoms with Gasteiger partial charge in [0.1, 0.15) is 17.5 Å². The largest absolute Gasteiger partial charge is 0.382 e. The van der Waals surface area contributed by atoms with E-state index in [4.69, 9.17) is 17.3 Å². The summed E-state index contributed by atoms with van der Waals surface area (Å²) in [4.78, 5) is 8.76. The molecule has 0 bridgehead atoms. The number of rotatable bonds is 5. The molecule has 22 heavy (non-hydrogen) atoms. The molecule has 1 unspecified atom stereocenters. The van der Waals surface area contributed by atoms with Gasteiger partial charge in [0.15, 0.2) is 5.16 Å². The molecule has 0 saturated heterocycles. The molecule has 2 aromatic rings. The zero-order valence-corrected chi connectivity index (χ0v) is 14.1. The van der Waals surface area contributed by atoms with Crippen LogP contribution in [0.25, 0.3) is 0 Å². The number of nitrogens with two attached hydrogens (primary N) is 1. The molecule has 2 rings (SSSR count). The second kappa shape index (κ2) is 7.48. The number of hydrogen-bond acceptors (Lipinski definition) is 5. The highest BCUT2D eigenvalue weighted by Crippen LogP contribution is 2.26. The van der Waals surface area contributed by atoms with Crippen LogP contribution < -0.4 is 5.73 Å². The van der Waals surface area contributed by atoms with E-state index >= 15 is 0 Å². The quantitative estimate of drug-likeness (QED) is 0.660. The zero-order chi connectivity index (χ0) is 16.1. The van der Waals surface area contributed by atoms with Crippen molar-refractivity contribution >= 4 is 29.2 Å². The van der Waals surface area contributed by atoms with Gasteiger partial charge in [-0.3, -0.25) is 0 Å². The number of nitrogen functional groups attached to an aromatic ring is 1. The Bertz CT molecular complexity index is 695. The second-order valence-electron chi connectivity index (χ2n) is 4.96. The molecule has 0 amide bonds. The number of aromatic nitrogens is 2. The third-order valence-corrected chi connectivity index (χ3v) is 4.65. The van der Waals surface area contributed by atoms with Crippen LogP contribution in [0.3, 0.4) is 0 Å². The van der Waals surface area contributed by atoms with Crippen molar-refractivity contribution in [3.05, 3.63) is 46.1 Å². The van der Waals surface area contributed by atoms with Gasteiger partial charge in [0.25, 0.3) is 0 Å². The lowest BCUT2D eigenvalue weighted by atomic mass is 10.1. The fraction of sp³-hybridized carbons (Fsp3) is 0.312. The van der Waals surface area contributed by atoms with Crippen LogP contribution in [0, 0.1) is 11.3 Å². The highest BCUT2D eigenvalue weighted by molar-refractivity contribution is 7.99. The minimum absolute atomic E-state index is 0.243. The molecule has 0 aliphatic rings. The molecular weight excluding hydrogens is 316 g/mol. The fourth-order valence-corrected chi connectivity index (χ4v) is 2.83. The molecule has 0 radical (unpaired) electrons. The van der Waals surface area contributed by atoms with E-state index in [1.54, 1.807) is 11.8 Å². The van der Waals surface area contributed by atoms with Gasteiger partial charge >= 0.3 is 0 Å². The molecule has 0 aliphatic heterocycles. The molecule has 0 saturated carbocycles. The Morgan fingerprint density at radius 1 is 1.32 bits per heavy atom. The lowest BCUT2D eigenvalue weighted by molar-refractivity contribution is 0.867. The first-order valence-electron chi connectivity index (χ1n) is 7.01. The molecule has 114 valence electrons. The highest BCUT2D eigenvalue weighted by atomic mass is 35.5. The van der Waals surface area contributed by atoms with Crippen molar-refractivity contribution in [3.63, 3.8) is 0 Å². The Labute approximate surface area is 139 Å². The molecule has 6 heteroatoms. The van der Waals surface area contributed by atoms with Crippen LogP contribution in [0.15, 0.2) is 29.4 Å². The van der Waals surface area contributed by atoms with E-state index in [2.05, 4.69) is 29.9 Å². The van der Waals surface area contributed by atoms with Crippen LogP contribution in [0.1, 0.15) is 37.1 Å². The van der Waals surface area contributed by atoms with Gasteiger partial charge < -0.3 is 5.73 Å². The molecule has 2 N–H and O–H groups in total. The van der Waals surface area contributed by atoms with Crippen molar-refractivity contribution in [1.82, 2.24) is 9.97 Å². The Morgan fingerprint density at radius 2 is 2.00 bits per heavy atom. The van der Waals surface area contributed by atoms with E-state index < -0.39 is 0 Å². The number of anilines is 1. The Hall–Kier alpha value is -1.77. The van der Waals surface area contributed by atoms with Crippen molar-refractivity contribution < 1.29 is 0 Å². The maximum absolute atomic E-state index is 9.30. The minimum Gasteiger partial charge on any atom is -0.382 e. The summed E-state index contributed by atoms with van der Waals surface area (Å²) in [5.74, 6) is 0.243. The Morgan fingerprint density at radius 3 is 2.59 bits per heavy atom. The topological polar surface area (TPSA) is 75.6 Å². The van der Waals surface area contributed by atoms with Crippen LogP contribution in [0.4, 0.5) is 5.82 Å². The minimum atomic E-state index is 0.243. The van der Waals surface area contributed by atoms with Crippen LogP contribution in [0.2, 0.25) is 5.02 Å². The third kappa shape index (κ3) is 4.12. The maximum Gasteiger partial charge on any atom is 0.190 e. The molecule has 1 aromatic carbocycles. The van der Waals surface area contributed by atoms with E-state index in [-0.39, 0.29) is 5.82 Å². The van der Waals surface area contributed by atoms with Crippen molar-refractivity contribution in [2.45, 2.75) is 37.1 Å². The van der Waals surface area contributed by atoms with Gasteiger partial charge in [-0.05, 0) is 24.1 Å². The molecule has 0 aliphatic carbocycles. The first-order valence-corrected chi connectivity index (χ1v) is 8.26. The SMILES string of the molecule is CCC(C)Sc1nc(N)c(C#N)c(Cc2ccc(Cl)cc2)n1. The normalized spacial score (nSPS) is 11.9. The average Bonchev–Trinajstić information content (AvgIpc) is 2.49. The van der Waals surface area contributed by atoms with Crippen LogP contribution in [-0.4, -0.2) is 15.2 Å². The van der Waals surface area contributed by atoms with Crippen LogP contribution in [0.5, 0.6) is 0 Å². The number of benzene rings is 1. The Kier molecular flexibility index (Phi) is 5.64. The average molecular weight is 333 g/mol. The smallest absolute Gasteiger partial charge is 0.190 e. The van der Waals surface area contributed by atoms with Crippen molar-refractivity contribution in [3.8, 4) is 6.07 Å². The summed E-state index contributed by atoms with van der Waals surface area (Å²) in [5, 5.41) is 11.0. The maximum atomic E-state index is 9.30. The standard InChI is InChI=1S/C16H17ClN4S/c1-3-10(2)22-16-20-14(13(9-18)15(19)21-16)8-11-4-6-12(17)7-5-11/h4-7,10H,3,8H2,1-2H3,(H2,19,20,21). The predicted octanol–water partition coefficient (Wildman–Crippen LogP) is 4.07. The summed E-state index contributed by atoms with van der Waals surface area (Å²) in [6.07, 6.45) is 1.54. The van der Waals surface area contributed by atoms with E-state index in [0.29, 0.717) is 33.1 Å². The number of halogens is 1. The van der Waals surface area contributed by atoms with Gasteiger partial charge in [0.2, 0.25) is 0 Å². The van der Waals surface area contributed by atoms with Gasteiger partial charge in [-0.15, -0.1) is 0 Å². The molecule has 0 spiro atoms. The van der Waals surface area contributed by atoms with E-state index in [1.807, 2.05) is 24.3 Å². The van der Waals surface area contributed by atoms with Gasteiger partial charge in [0, 0.05) is 16.7 Å². The summed E-state index contributed by atoms with van der Waals surface area (Å²) in [7, 11) is 0. The van der Waals surface area contributed by atoms with Crippen molar-refractivity contribution in [1.29, 1.82) is 5.26 Å². The molecule has 1 atom stereocenters. The summed E-state index contributed by atoms with van der Waals surface area (Å²) < 4.78 is 0. The number of nitriles is 1. The zero-order valence-electron chi connectivity index (χ0n) is 12.5. The van der Waals surface area contributed by atoms with Gasteiger partial charge in [0.05, 0.1) is 5.69 Å². The molecular formula is C16H17ClN4S. The van der Waals surface area contributed by atoms with Crippen LogP contribution >= 0.6 is 23.4 Å². The first-order chi connectivity index (χ1) is 10.5. The number of nitrogens with zero attached hydrogens (tertiary/aromatic N) is 3. The van der Waals surface area contributed by atoms with E-state index in [1.165, 1.54) is 0 Å². The fourth-order valence-electron chi connectivity index (χ4n) is 1.86. The van der Waals surface area contributed by atoms with E-state index in [0.717, 1.165) is 12.0 Å². The predicted molar refractivity (Wildman–Crippen MR) is 91.0 cm³/mol. The lowest BCUT2D eigenvalue weighted by Crippen LogP contribution is -2.07.